The van der Waals surface area contributed by atoms with Crippen molar-refractivity contribution in [2.45, 2.75) is 38.7 Å². The molecule has 0 saturated carbocycles. The fourth-order valence-electron chi connectivity index (χ4n) is 1.89. The molecule has 19 heavy (non-hydrogen) atoms. The summed E-state index contributed by atoms with van der Waals surface area (Å²) in [5.74, 6) is -1.18. The molecule has 0 aliphatic rings. The highest BCUT2D eigenvalue weighted by atomic mass is 35.5. The third-order valence-electron chi connectivity index (χ3n) is 3.37. The van der Waals surface area contributed by atoms with E-state index < -0.39 is 11.9 Å². The Morgan fingerprint density at radius 1 is 1.47 bits per heavy atom. The van der Waals surface area contributed by atoms with E-state index in [2.05, 4.69) is 0 Å². The second-order valence-corrected chi connectivity index (χ2v) is 5.81. The van der Waals surface area contributed by atoms with Gasteiger partial charge in [-0.05, 0) is 50.8 Å². The molecule has 1 N–H and O–H groups in total. The average molecular weight is 285 g/mol. The Hall–Kier alpha value is -1.06. The minimum atomic E-state index is -0.771. The smallest absolute Gasteiger partial charge is 0.306 e. The van der Waals surface area contributed by atoms with E-state index in [0.29, 0.717) is 24.3 Å². The second-order valence-electron chi connectivity index (χ2n) is 5.37. The molecule has 0 aromatic heterocycles. The van der Waals surface area contributed by atoms with Crippen molar-refractivity contribution in [1.29, 1.82) is 0 Å². The van der Waals surface area contributed by atoms with E-state index in [-0.39, 0.29) is 5.60 Å². The molecule has 1 aromatic carbocycles. The van der Waals surface area contributed by atoms with Gasteiger partial charge in [0.25, 0.3) is 0 Å². The lowest BCUT2D eigenvalue weighted by Gasteiger charge is -2.24. The first-order valence-electron chi connectivity index (χ1n) is 6.36. The first kappa shape index (κ1) is 16.0. The molecular formula is C15H21ClO3. The van der Waals surface area contributed by atoms with Gasteiger partial charge in [0.2, 0.25) is 0 Å². The van der Waals surface area contributed by atoms with Crippen LogP contribution in [0.15, 0.2) is 24.3 Å². The van der Waals surface area contributed by atoms with Gasteiger partial charge in [-0.1, -0.05) is 23.7 Å². The predicted molar refractivity (Wildman–Crippen MR) is 76.6 cm³/mol. The third-order valence-corrected chi connectivity index (χ3v) is 3.60. The molecule has 0 bridgehead atoms. The van der Waals surface area contributed by atoms with Crippen LogP contribution in [0.1, 0.15) is 32.3 Å². The number of ether oxygens (including phenoxy) is 1. The van der Waals surface area contributed by atoms with E-state index >= 15 is 0 Å². The van der Waals surface area contributed by atoms with Gasteiger partial charge in [-0.25, -0.2) is 0 Å². The fourth-order valence-corrected chi connectivity index (χ4v) is 2.10. The molecule has 106 valence electrons. The van der Waals surface area contributed by atoms with Crippen LogP contribution in [0.25, 0.3) is 0 Å². The van der Waals surface area contributed by atoms with Gasteiger partial charge < -0.3 is 9.84 Å². The zero-order valence-corrected chi connectivity index (χ0v) is 12.4. The van der Waals surface area contributed by atoms with Gasteiger partial charge in [-0.3, -0.25) is 4.79 Å². The summed E-state index contributed by atoms with van der Waals surface area (Å²) in [6.45, 7) is 3.93. The number of carboxylic acids is 1. The lowest BCUT2D eigenvalue weighted by Crippen LogP contribution is -2.26. The van der Waals surface area contributed by atoms with E-state index in [9.17, 15) is 9.90 Å². The molecular weight excluding hydrogens is 264 g/mol. The Morgan fingerprint density at radius 2 is 2.16 bits per heavy atom. The van der Waals surface area contributed by atoms with Gasteiger partial charge in [0.1, 0.15) is 0 Å². The predicted octanol–water partition coefficient (Wildman–Crippen LogP) is 3.79. The standard InChI is InChI=1S/C15H21ClO3/c1-15(2,19-3)8-7-12(14(17)18)9-11-5-4-6-13(16)10-11/h4-6,10,12H,7-9H2,1-3H3,(H,17,18). The number of halogens is 1. The highest BCUT2D eigenvalue weighted by molar-refractivity contribution is 6.30. The van der Waals surface area contributed by atoms with Gasteiger partial charge in [0, 0.05) is 12.1 Å². The summed E-state index contributed by atoms with van der Waals surface area (Å²) < 4.78 is 5.32. The number of rotatable bonds is 7. The van der Waals surface area contributed by atoms with Crippen LogP contribution in [0.4, 0.5) is 0 Å². The summed E-state index contributed by atoms with van der Waals surface area (Å²) in [7, 11) is 1.65. The molecule has 0 heterocycles. The Labute approximate surface area is 119 Å². The second kappa shape index (κ2) is 6.92. The molecule has 0 aliphatic carbocycles. The van der Waals surface area contributed by atoms with Gasteiger partial charge >= 0.3 is 5.97 Å². The largest absolute Gasteiger partial charge is 0.481 e. The van der Waals surface area contributed by atoms with E-state index in [1.807, 2.05) is 32.0 Å². The van der Waals surface area contributed by atoms with Crippen molar-refractivity contribution >= 4 is 17.6 Å². The first-order valence-corrected chi connectivity index (χ1v) is 6.74. The topological polar surface area (TPSA) is 46.5 Å². The van der Waals surface area contributed by atoms with Crippen LogP contribution in [-0.2, 0) is 16.0 Å². The number of hydrogen-bond acceptors (Lipinski definition) is 2. The van der Waals surface area contributed by atoms with Gasteiger partial charge in [-0.2, -0.15) is 0 Å². The van der Waals surface area contributed by atoms with E-state index in [1.165, 1.54) is 0 Å². The summed E-state index contributed by atoms with van der Waals surface area (Å²) >= 11 is 5.91. The zero-order valence-electron chi connectivity index (χ0n) is 11.6. The number of hydrogen-bond donors (Lipinski definition) is 1. The summed E-state index contributed by atoms with van der Waals surface area (Å²) in [4.78, 5) is 11.3. The molecule has 4 heteroatoms. The van der Waals surface area contributed by atoms with Crippen molar-refractivity contribution in [3.8, 4) is 0 Å². The van der Waals surface area contributed by atoms with E-state index in [0.717, 1.165) is 5.56 Å². The molecule has 0 radical (unpaired) electrons. The molecule has 0 amide bonds. The summed E-state index contributed by atoms with van der Waals surface area (Å²) in [5, 5.41) is 9.94. The summed E-state index contributed by atoms with van der Waals surface area (Å²) in [6, 6.07) is 7.35. The molecule has 1 rings (SSSR count). The third kappa shape index (κ3) is 5.62. The normalized spacial score (nSPS) is 13.3. The number of aliphatic carboxylic acids is 1. The van der Waals surface area contributed by atoms with Gasteiger partial charge in [-0.15, -0.1) is 0 Å². The molecule has 3 nitrogen and oxygen atoms in total. The van der Waals surface area contributed by atoms with Crippen LogP contribution in [0.2, 0.25) is 5.02 Å². The number of carbonyl (C=O) groups is 1. The van der Waals surface area contributed by atoms with Crippen LogP contribution in [0, 0.1) is 5.92 Å². The highest BCUT2D eigenvalue weighted by Gasteiger charge is 2.23. The Kier molecular flexibility index (Phi) is 5.83. The molecule has 1 aromatic rings. The van der Waals surface area contributed by atoms with Crippen molar-refractivity contribution in [2.24, 2.45) is 5.92 Å². The van der Waals surface area contributed by atoms with Gasteiger partial charge in [0.15, 0.2) is 0 Å². The maximum atomic E-state index is 11.3. The Bertz CT molecular complexity index is 429. The van der Waals surface area contributed by atoms with E-state index in [4.69, 9.17) is 16.3 Å². The lowest BCUT2D eigenvalue weighted by molar-refractivity contribution is -0.142. The van der Waals surface area contributed by atoms with Crippen molar-refractivity contribution in [3.05, 3.63) is 34.9 Å². The average Bonchev–Trinajstić information content (AvgIpc) is 2.34. The molecule has 0 spiro atoms. The fraction of sp³-hybridized carbons (Fsp3) is 0.533. The molecule has 0 saturated heterocycles. The lowest BCUT2D eigenvalue weighted by atomic mass is 9.90. The van der Waals surface area contributed by atoms with Crippen LogP contribution in [0.3, 0.4) is 0 Å². The number of methoxy groups -OCH3 is 1. The van der Waals surface area contributed by atoms with Crippen LogP contribution < -0.4 is 0 Å². The van der Waals surface area contributed by atoms with Crippen molar-refractivity contribution in [2.75, 3.05) is 7.11 Å². The molecule has 0 fully saturated rings. The Morgan fingerprint density at radius 3 is 2.68 bits per heavy atom. The van der Waals surface area contributed by atoms with Crippen molar-refractivity contribution in [1.82, 2.24) is 0 Å². The maximum Gasteiger partial charge on any atom is 0.306 e. The quantitative estimate of drug-likeness (QED) is 0.829. The minimum absolute atomic E-state index is 0.290. The molecule has 1 atom stereocenters. The van der Waals surface area contributed by atoms with Crippen molar-refractivity contribution in [3.63, 3.8) is 0 Å². The zero-order chi connectivity index (χ0) is 14.5. The number of carboxylic acid groups (broad SMARTS) is 1. The highest BCUT2D eigenvalue weighted by Crippen LogP contribution is 2.23. The SMILES string of the molecule is COC(C)(C)CCC(Cc1cccc(Cl)c1)C(=O)O. The van der Waals surface area contributed by atoms with Crippen LogP contribution in [0.5, 0.6) is 0 Å². The summed E-state index contributed by atoms with van der Waals surface area (Å²) in [5.41, 5.74) is 0.664. The monoisotopic (exact) mass is 284 g/mol. The molecule has 0 aliphatic heterocycles. The summed E-state index contributed by atoms with van der Waals surface area (Å²) in [6.07, 6.45) is 1.79. The van der Waals surface area contributed by atoms with Crippen molar-refractivity contribution < 1.29 is 14.6 Å². The van der Waals surface area contributed by atoms with Crippen LogP contribution in [-0.4, -0.2) is 23.8 Å². The van der Waals surface area contributed by atoms with Crippen LogP contribution >= 0.6 is 11.6 Å². The minimum Gasteiger partial charge on any atom is -0.481 e. The maximum absolute atomic E-state index is 11.3. The Balaban J connectivity index is 2.66. The van der Waals surface area contributed by atoms with Gasteiger partial charge in [0.05, 0.1) is 11.5 Å². The first-order chi connectivity index (χ1) is 8.84. The molecule has 1 unspecified atom stereocenters. The number of benzene rings is 1. The van der Waals surface area contributed by atoms with E-state index in [1.54, 1.807) is 13.2 Å².